The fourth-order valence-corrected chi connectivity index (χ4v) is 3.95. The molecule has 0 unspecified atom stereocenters. The second kappa shape index (κ2) is 9.71. The van der Waals surface area contributed by atoms with Gasteiger partial charge in [0.2, 0.25) is 0 Å². The normalized spacial score (nSPS) is 17.7. The average Bonchev–Trinajstić information content (AvgIpc) is 3.25. The molecule has 0 radical (unpaired) electrons. The molecule has 134 valence electrons. The van der Waals surface area contributed by atoms with E-state index < -0.39 is 0 Å². The van der Waals surface area contributed by atoms with E-state index in [1.165, 1.54) is 49.9 Å². The highest BCUT2D eigenvalue weighted by Gasteiger charge is 2.16. The van der Waals surface area contributed by atoms with Crippen molar-refractivity contribution in [3.63, 3.8) is 0 Å². The second-order valence-electron chi connectivity index (χ2n) is 6.72. The van der Waals surface area contributed by atoms with Gasteiger partial charge in [-0.2, -0.15) is 0 Å². The van der Waals surface area contributed by atoms with Gasteiger partial charge in [0.05, 0.1) is 0 Å². The van der Waals surface area contributed by atoms with Crippen molar-refractivity contribution < 1.29 is 4.79 Å². The summed E-state index contributed by atoms with van der Waals surface area (Å²) in [7, 11) is 1.63. The molecule has 2 aliphatic rings. The van der Waals surface area contributed by atoms with Gasteiger partial charge >= 0.3 is 0 Å². The van der Waals surface area contributed by atoms with Crippen LogP contribution in [0.2, 0.25) is 0 Å². The van der Waals surface area contributed by atoms with Crippen molar-refractivity contribution in [2.24, 2.45) is 9.98 Å². The molecule has 1 aliphatic carbocycles. The fourth-order valence-electron chi connectivity index (χ4n) is 3.08. The summed E-state index contributed by atoms with van der Waals surface area (Å²) in [5.41, 5.74) is 4.01. The number of rotatable bonds is 3. The van der Waals surface area contributed by atoms with Crippen LogP contribution in [-0.2, 0) is 4.79 Å². The number of carbonyl (C=O) groups excluding carboxylic acids is 1. The predicted molar refractivity (Wildman–Crippen MR) is 110 cm³/mol. The van der Waals surface area contributed by atoms with E-state index in [4.69, 9.17) is 0 Å². The summed E-state index contributed by atoms with van der Waals surface area (Å²) >= 11 is 1.41. The first-order chi connectivity index (χ1) is 12.0. The first kappa shape index (κ1) is 19.6. The van der Waals surface area contributed by atoms with Crippen molar-refractivity contribution in [2.45, 2.75) is 58.8 Å². The Morgan fingerprint density at radius 1 is 1.16 bits per heavy atom. The van der Waals surface area contributed by atoms with Crippen LogP contribution < -0.4 is 0 Å². The molecule has 0 aromatic heterocycles. The molecular weight excluding hydrogens is 328 g/mol. The van der Waals surface area contributed by atoms with Crippen LogP contribution in [0.25, 0.3) is 0 Å². The minimum Gasteiger partial charge on any atom is -0.292 e. The minimum atomic E-state index is 0.0120. The van der Waals surface area contributed by atoms with Gasteiger partial charge in [-0.05, 0) is 38.2 Å². The van der Waals surface area contributed by atoms with Crippen molar-refractivity contribution in [3.05, 3.63) is 46.5 Å². The Kier molecular flexibility index (Phi) is 7.63. The Labute approximate surface area is 155 Å². The van der Waals surface area contributed by atoms with Crippen LogP contribution in [0.1, 0.15) is 63.0 Å². The van der Waals surface area contributed by atoms with E-state index in [1.807, 2.05) is 6.92 Å². The quantitative estimate of drug-likeness (QED) is 0.515. The van der Waals surface area contributed by atoms with Gasteiger partial charge in [0, 0.05) is 37.2 Å². The van der Waals surface area contributed by atoms with E-state index in [1.54, 1.807) is 18.8 Å². The van der Waals surface area contributed by atoms with Gasteiger partial charge < -0.3 is 0 Å². The summed E-state index contributed by atoms with van der Waals surface area (Å²) in [4.78, 5) is 20.2. The highest BCUT2D eigenvalue weighted by molar-refractivity contribution is 8.18. The van der Waals surface area contributed by atoms with E-state index in [-0.39, 0.29) is 5.78 Å². The van der Waals surface area contributed by atoms with Crippen molar-refractivity contribution in [1.29, 1.82) is 0 Å². The van der Waals surface area contributed by atoms with Crippen LogP contribution >= 0.6 is 11.8 Å². The monoisotopic (exact) mass is 356 g/mol. The maximum atomic E-state index is 11.0. The molecule has 0 atom stereocenters. The van der Waals surface area contributed by atoms with Crippen LogP contribution in [0.4, 0.5) is 0 Å². The maximum Gasteiger partial charge on any atom is 0.184 e. The summed E-state index contributed by atoms with van der Waals surface area (Å²) in [5.74, 6) is 0.878. The highest BCUT2D eigenvalue weighted by atomic mass is 32.2. The number of ketones is 1. The van der Waals surface area contributed by atoms with Crippen molar-refractivity contribution in [2.75, 3.05) is 7.05 Å². The third-order valence-electron chi connectivity index (χ3n) is 4.49. The Bertz CT molecular complexity index is 680. The molecule has 0 amide bonds. The third-order valence-corrected chi connectivity index (χ3v) is 5.67. The number of hydrogen-bond acceptors (Lipinski definition) is 4. The number of aliphatic imine (C=N–C) groups is 2. The Balaban J connectivity index is 0.000000181. The second-order valence-corrected chi connectivity index (χ2v) is 7.83. The molecule has 3 nitrogen and oxygen atoms in total. The standard InChI is InChI=1S/C12H16.C9H12N2OS/c1-10-6-8-12(9-7-10)11-4-2-3-5-11;1-6-4-8(5-11-6)13-9(10-3)7(2)12/h6-9,11H,2-5H2,1H3;5H,4H2,1-3H3. The molecule has 3 rings (SSSR count). The average molecular weight is 357 g/mol. The van der Waals surface area contributed by atoms with Crippen LogP contribution in [-0.4, -0.2) is 23.6 Å². The van der Waals surface area contributed by atoms with E-state index in [9.17, 15) is 4.79 Å². The van der Waals surface area contributed by atoms with Crippen molar-refractivity contribution in [3.8, 4) is 0 Å². The van der Waals surface area contributed by atoms with E-state index >= 15 is 0 Å². The lowest BCUT2D eigenvalue weighted by molar-refractivity contribution is -0.110. The molecule has 4 heteroatoms. The lowest BCUT2D eigenvalue weighted by atomic mass is 9.97. The van der Waals surface area contributed by atoms with Gasteiger partial charge in [-0.3, -0.25) is 14.8 Å². The number of carbonyl (C=O) groups is 1. The molecule has 1 aromatic rings. The summed E-state index contributed by atoms with van der Waals surface area (Å²) in [6.45, 7) is 5.65. The largest absolute Gasteiger partial charge is 0.292 e. The van der Waals surface area contributed by atoms with Gasteiger partial charge in [0.25, 0.3) is 0 Å². The van der Waals surface area contributed by atoms with Gasteiger partial charge in [-0.1, -0.05) is 54.4 Å². The van der Waals surface area contributed by atoms with Crippen LogP contribution in [0.5, 0.6) is 0 Å². The molecule has 0 spiro atoms. The molecule has 1 saturated carbocycles. The summed E-state index contributed by atoms with van der Waals surface area (Å²) in [5, 5.41) is 0.552. The molecule has 1 aromatic carbocycles. The molecule has 0 bridgehead atoms. The van der Waals surface area contributed by atoms with E-state index in [2.05, 4.69) is 41.2 Å². The van der Waals surface area contributed by atoms with E-state index in [0.717, 1.165) is 23.0 Å². The smallest absolute Gasteiger partial charge is 0.184 e. The van der Waals surface area contributed by atoms with Crippen LogP contribution in [0.3, 0.4) is 0 Å². The predicted octanol–water partition coefficient (Wildman–Crippen LogP) is 5.70. The van der Waals surface area contributed by atoms with Crippen LogP contribution in [0, 0.1) is 6.92 Å². The molecule has 0 N–H and O–H groups in total. The topological polar surface area (TPSA) is 41.8 Å². The van der Waals surface area contributed by atoms with Crippen LogP contribution in [0.15, 0.2) is 45.4 Å². The summed E-state index contributed by atoms with van der Waals surface area (Å²) in [6.07, 6.45) is 8.31. The SMILES string of the molecule is CN=C(SC1=CN=C(C)C1)C(C)=O.Cc1ccc(C2CCCC2)cc1. The molecule has 1 fully saturated rings. The van der Waals surface area contributed by atoms with Gasteiger partial charge in [-0.15, -0.1) is 0 Å². The zero-order chi connectivity index (χ0) is 18.2. The van der Waals surface area contributed by atoms with Crippen molar-refractivity contribution in [1.82, 2.24) is 0 Å². The fraction of sp³-hybridized carbons (Fsp3) is 0.476. The molecule has 0 saturated heterocycles. The number of hydrogen-bond donors (Lipinski definition) is 0. The summed E-state index contributed by atoms with van der Waals surface area (Å²) < 4.78 is 0. The number of Topliss-reactive ketones (excluding diaryl/α,β-unsaturated/α-hetero) is 1. The lowest BCUT2D eigenvalue weighted by Gasteiger charge is -2.08. The Morgan fingerprint density at radius 2 is 1.80 bits per heavy atom. The molecule has 1 heterocycles. The van der Waals surface area contributed by atoms with Gasteiger partial charge in [-0.25, -0.2) is 0 Å². The first-order valence-electron chi connectivity index (χ1n) is 8.94. The molecule has 25 heavy (non-hydrogen) atoms. The Morgan fingerprint density at radius 3 is 2.28 bits per heavy atom. The molecule has 1 aliphatic heterocycles. The zero-order valence-electron chi connectivity index (χ0n) is 15.7. The number of aryl methyl sites for hydroxylation is 1. The third kappa shape index (κ3) is 6.28. The van der Waals surface area contributed by atoms with Gasteiger partial charge in [0.1, 0.15) is 5.04 Å². The zero-order valence-corrected chi connectivity index (χ0v) is 16.5. The number of thioether (sulfide) groups is 1. The summed E-state index contributed by atoms with van der Waals surface area (Å²) in [6, 6.07) is 9.05. The maximum absolute atomic E-state index is 11.0. The number of nitrogens with zero attached hydrogens (tertiary/aromatic N) is 2. The highest BCUT2D eigenvalue weighted by Crippen LogP contribution is 2.33. The van der Waals surface area contributed by atoms with Crippen molar-refractivity contribution >= 4 is 28.3 Å². The lowest BCUT2D eigenvalue weighted by Crippen LogP contribution is -2.05. The minimum absolute atomic E-state index is 0.0120. The Hall–Kier alpha value is -1.68. The number of benzene rings is 1. The number of allylic oxidation sites excluding steroid dienone is 1. The molecular formula is C21H28N2OS. The van der Waals surface area contributed by atoms with Gasteiger partial charge in [0.15, 0.2) is 5.78 Å². The van der Waals surface area contributed by atoms with E-state index in [0.29, 0.717) is 5.04 Å². The first-order valence-corrected chi connectivity index (χ1v) is 9.75.